The fourth-order valence-corrected chi connectivity index (χ4v) is 1.85. The van der Waals surface area contributed by atoms with Gasteiger partial charge in [0.1, 0.15) is 18.1 Å². The summed E-state index contributed by atoms with van der Waals surface area (Å²) < 4.78 is 9.56. The van der Waals surface area contributed by atoms with E-state index in [1.807, 2.05) is 0 Å². The largest absolute Gasteiger partial charge is 0.449 e. The average molecular weight is 309 g/mol. The fourth-order valence-electron chi connectivity index (χ4n) is 1.85. The maximum Gasteiger partial charge on any atom is 0.424 e. The van der Waals surface area contributed by atoms with Crippen molar-refractivity contribution in [3.63, 3.8) is 0 Å². The Morgan fingerprint density at radius 1 is 1.14 bits per heavy atom. The van der Waals surface area contributed by atoms with E-state index in [0.29, 0.717) is 11.6 Å². The van der Waals surface area contributed by atoms with E-state index in [2.05, 4.69) is 5.43 Å². The molecule has 22 heavy (non-hydrogen) atoms. The van der Waals surface area contributed by atoms with Gasteiger partial charge in [-0.05, 0) is 26.0 Å². The summed E-state index contributed by atoms with van der Waals surface area (Å²) in [6, 6.07) is 0. The Kier molecular flexibility index (Phi) is 4.56. The van der Waals surface area contributed by atoms with E-state index in [1.165, 1.54) is 5.01 Å². The first-order chi connectivity index (χ1) is 10.5. The first kappa shape index (κ1) is 15.7. The summed E-state index contributed by atoms with van der Waals surface area (Å²) in [6.45, 7) is 3.42. The minimum atomic E-state index is -1.08. The molecule has 2 aliphatic rings. The number of rotatable bonds is 4. The number of hydrazine groups is 1. The first-order valence-electron chi connectivity index (χ1n) is 6.66. The van der Waals surface area contributed by atoms with Crippen molar-refractivity contribution in [3.05, 3.63) is 23.5 Å². The highest BCUT2D eigenvalue weighted by Crippen LogP contribution is 2.25. The number of hydrogen-bond acceptors (Lipinski definition) is 8. The predicted molar refractivity (Wildman–Crippen MR) is 71.9 cm³/mol. The molecule has 0 spiro atoms. The van der Waals surface area contributed by atoms with Crippen LogP contribution in [-0.4, -0.2) is 53.5 Å². The molecule has 0 unspecified atom stereocenters. The van der Waals surface area contributed by atoms with Gasteiger partial charge in [0, 0.05) is 0 Å². The first-order valence-corrected chi connectivity index (χ1v) is 6.66. The van der Waals surface area contributed by atoms with Crippen LogP contribution in [0.15, 0.2) is 23.5 Å². The number of nitrogens with one attached hydrogen (secondary N) is 1. The lowest BCUT2D eigenvalue weighted by atomic mass is 10.1. The van der Waals surface area contributed by atoms with Gasteiger partial charge in [-0.1, -0.05) is 0 Å². The Balaban J connectivity index is 2.48. The Bertz CT molecular complexity index is 573. The van der Waals surface area contributed by atoms with Crippen LogP contribution in [0.5, 0.6) is 0 Å². The topological polar surface area (TPSA) is 115 Å². The second-order valence-corrected chi connectivity index (χ2v) is 4.24. The third-order valence-electron chi connectivity index (χ3n) is 2.79. The molecule has 0 aromatic carbocycles. The molecule has 1 heterocycles. The molecule has 9 nitrogen and oxygen atoms in total. The van der Waals surface area contributed by atoms with Crippen LogP contribution in [0.3, 0.4) is 0 Å². The van der Waals surface area contributed by atoms with E-state index in [4.69, 9.17) is 9.47 Å². The van der Waals surface area contributed by atoms with E-state index < -0.39 is 23.8 Å². The maximum absolute atomic E-state index is 12.1. The molecule has 2 rings (SSSR count). The number of ketones is 2. The van der Waals surface area contributed by atoms with Crippen molar-refractivity contribution in [1.29, 1.82) is 0 Å². The van der Waals surface area contributed by atoms with Crippen LogP contribution in [0.25, 0.3) is 0 Å². The monoisotopic (exact) mass is 309 g/mol. The molecule has 0 aromatic heterocycles. The number of carbonyl (C=O) groups is 4. The lowest BCUT2D eigenvalue weighted by molar-refractivity contribution is -0.116. The van der Waals surface area contributed by atoms with Crippen LogP contribution >= 0.6 is 0 Å². The highest BCUT2D eigenvalue weighted by Gasteiger charge is 2.41. The zero-order chi connectivity index (χ0) is 16.3. The van der Waals surface area contributed by atoms with Gasteiger partial charge in [0.25, 0.3) is 0 Å². The molecule has 0 radical (unpaired) electrons. The van der Waals surface area contributed by atoms with Crippen molar-refractivity contribution in [3.8, 4) is 0 Å². The highest BCUT2D eigenvalue weighted by molar-refractivity contribution is 6.22. The maximum atomic E-state index is 12.1. The van der Waals surface area contributed by atoms with Crippen LogP contribution < -0.4 is 5.43 Å². The summed E-state index contributed by atoms with van der Waals surface area (Å²) in [5, 5.41) is 1.35. The van der Waals surface area contributed by atoms with Gasteiger partial charge in [0.15, 0.2) is 0 Å². The van der Waals surface area contributed by atoms with Crippen LogP contribution in [0.1, 0.15) is 13.8 Å². The number of allylic oxidation sites excluding steroid dienone is 2. The number of imide groups is 1. The molecule has 1 saturated heterocycles. The van der Waals surface area contributed by atoms with E-state index >= 15 is 0 Å². The van der Waals surface area contributed by atoms with E-state index in [0.717, 1.165) is 12.2 Å². The second-order valence-electron chi connectivity index (χ2n) is 4.24. The molecule has 1 N–H and O–H groups in total. The van der Waals surface area contributed by atoms with Crippen molar-refractivity contribution in [2.75, 3.05) is 19.9 Å². The van der Waals surface area contributed by atoms with Gasteiger partial charge in [-0.2, -0.15) is 4.90 Å². The average Bonchev–Trinajstić information content (AvgIpc) is 3.28. The number of ether oxygens (including phenoxy) is 2. The molecule has 2 amide bonds. The zero-order valence-corrected chi connectivity index (χ0v) is 12.1. The summed E-state index contributed by atoms with van der Waals surface area (Å²) in [5.74, 6) is -1.16. The van der Waals surface area contributed by atoms with Gasteiger partial charge >= 0.3 is 12.2 Å². The summed E-state index contributed by atoms with van der Waals surface area (Å²) in [7, 11) is 0. The summed E-state index contributed by atoms with van der Waals surface area (Å²) >= 11 is 0. The summed E-state index contributed by atoms with van der Waals surface area (Å²) in [6.07, 6.45) is -0.0790. The van der Waals surface area contributed by atoms with Gasteiger partial charge < -0.3 is 9.47 Å². The van der Waals surface area contributed by atoms with E-state index in [1.54, 1.807) is 13.8 Å². The third kappa shape index (κ3) is 2.98. The number of nitrogens with zero attached hydrogens (tertiary/aromatic N) is 2. The zero-order valence-electron chi connectivity index (χ0n) is 12.1. The molecular weight excluding hydrogens is 294 g/mol. The summed E-state index contributed by atoms with van der Waals surface area (Å²) in [4.78, 5) is 48.7. The number of hydrogen-bond donors (Lipinski definition) is 1. The van der Waals surface area contributed by atoms with E-state index in [9.17, 15) is 19.2 Å². The molecule has 1 fully saturated rings. The lowest BCUT2D eigenvalue weighted by Crippen LogP contribution is -2.42. The van der Waals surface area contributed by atoms with Crippen LogP contribution in [-0.2, 0) is 19.1 Å². The number of carbonyl (C=O) groups excluding carboxylic acids is 4. The van der Waals surface area contributed by atoms with Gasteiger partial charge in [0.2, 0.25) is 11.6 Å². The van der Waals surface area contributed by atoms with Crippen LogP contribution in [0, 0.1) is 0 Å². The van der Waals surface area contributed by atoms with Gasteiger partial charge in [0.05, 0.1) is 13.2 Å². The van der Waals surface area contributed by atoms with Crippen LogP contribution in [0.4, 0.5) is 9.59 Å². The van der Waals surface area contributed by atoms with Gasteiger partial charge in [-0.25, -0.2) is 15.0 Å². The quantitative estimate of drug-likeness (QED) is 0.582. The molecule has 0 bridgehead atoms. The second kappa shape index (κ2) is 6.39. The smallest absolute Gasteiger partial charge is 0.424 e. The molecular formula is C13H15N3O6. The Hall–Kier alpha value is -2.68. The lowest BCUT2D eigenvalue weighted by Gasteiger charge is -2.24. The Labute approximate surface area is 126 Å². The minimum Gasteiger partial charge on any atom is -0.449 e. The molecule has 1 aliphatic heterocycles. The van der Waals surface area contributed by atoms with Gasteiger partial charge in [-0.3, -0.25) is 14.6 Å². The van der Waals surface area contributed by atoms with Crippen molar-refractivity contribution in [2.24, 2.45) is 0 Å². The van der Waals surface area contributed by atoms with Crippen molar-refractivity contribution in [2.45, 2.75) is 13.8 Å². The van der Waals surface area contributed by atoms with Gasteiger partial charge in [-0.15, -0.1) is 0 Å². The summed E-state index contributed by atoms with van der Waals surface area (Å²) in [5.41, 5.74) is 2.25. The van der Waals surface area contributed by atoms with Crippen molar-refractivity contribution >= 4 is 23.8 Å². The van der Waals surface area contributed by atoms with Crippen LogP contribution in [0.2, 0.25) is 0 Å². The Morgan fingerprint density at radius 3 is 2.09 bits per heavy atom. The highest BCUT2D eigenvalue weighted by atomic mass is 16.6. The SMILES string of the molecule is CCOC(=O)N(C(=O)OCC)C1=C(N2CN2)C(=O)C=CC1=O. The number of amides is 2. The molecule has 1 aliphatic carbocycles. The predicted octanol–water partition coefficient (Wildman–Crippen LogP) is 0.299. The fraction of sp³-hybridized carbons (Fsp3) is 0.385. The normalized spacial score (nSPS) is 16.7. The molecule has 118 valence electrons. The Morgan fingerprint density at radius 2 is 1.64 bits per heavy atom. The standard InChI is InChI=1S/C13H15N3O6/c1-3-21-12(19)16(13(20)22-4-2)11-9(18)6-5-8(17)10(11)15-7-14-15/h5-6,14H,3-4,7H2,1-2H3. The molecule has 9 heteroatoms. The minimum absolute atomic E-state index is 0.00269. The molecule has 0 aromatic rings. The van der Waals surface area contributed by atoms with Crippen molar-refractivity contribution < 1.29 is 28.7 Å². The van der Waals surface area contributed by atoms with E-state index in [-0.39, 0.29) is 24.6 Å². The molecule has 0 atom stereocenters. The third-order valence-corrected chi connectivity index (χ3v) is 2.79. The van der Waals surface area contributed by atoms with Crippen molar-refractivity contribution in [1.82, 2.24) is 15.3 Å². The molecule has 0 saturated carbocycles.